The molecule has 130 valence electrons. The Balaban J connectivity index is 2.45. The topological polar surface area (TPSA) is 55.8 Å². The van der Waals surface area contributed by atoms with Gasteiger partial charge in [-0.2, -0.15) is 0 Å². The number of carbonyl (C=O) groups is 1. The van der Waals surface area contributed by atoms with Crippen molar-refractivity contribution in [1.82, 2.24) is 0 Å². The summed E-state index contributed by atoms with van der Waals surface area (Å²) in [6.45, 7) is 11.8. The van der Waals surface area contributed by atoms with Crippen molar-refractivity contribution in [3.63, 3.8) is 0 Å². The molecule has 0 aliphatic carbocycles. The van der Waals surface area contributed by atoms with Gasteiger partial charge < -0.3 is 14.3 Å². The highest BCUT2D eigenvalue weighted by Crippen LogP contribution is 2.36. The number of methoxy groups -OCH3 is 1. The van der Waals surface area contributed by atoms with Crippen LogP contribution < -0.4 is 0 Å². The maximum Gasteiger partial charge on any atom is 0.337 e. The minimum atomic E-state index is -1.71. The van der Waals surface area contributed by atoms with Gasteiger partial charge in [-0.3, -0.25) is 0 Å². The van der Waals surface area contributed by atoms with E-state index in [4.69, 9.17) is 4.43 Å². The molecule has 1 unspecified atom stereocenters. The number of rotatable bonds is 7. The van der Waals surface area contributed by atoms with Crippen molar-refractivity contribution < 1.29 is 19.1 Å². The average molecular weight is 339 g/mol. The van der Waals surface area contributed by atoms with E-state index in [9.17, 15) is 9.90 Å². The van der Waals surface area contributed by atoms with Crippen LogP contribution in [0.2, 0.25) is 18.1 Å². The summed E-state index contributed by atoms with van der Waals surface area (Å²) in [6, 6.07) is 6.89. The van der Waals surface area contributed by atoms with Crippen molar-refractivity contribution in [1.29, 1.82) is 0 Å². The Bertz CT molecular complexity index is 503. The lowest BCUT2D eigenvalue weighted by Crippen LogP contribution is -2.41. The van der Waals surface area contributed by atoms with Crippen LogP contribution >= 0.6 is 0 Å². The highest BCUT2D eigenvalue weighted by Gasteiger charge is 2.36. The molecule has 0 bridgehead atoms. The van der Waals surface area contributed by atoms with Gasteiger partial charge >= 0.3 is 5.97 Å². The third kappa shape index (κ3) is 5.75. The molecule has 0 amide bonds. The average Bonchev–Trinajstić information content (AvgIpc) is 2.49. The van der Waals surface area contributed by atoms with Crippen LogP contribution in [0, 0.1) is 0 Å². The molecule has 0 spiro atoms. The number of ether oxygens (including phenoxy) is 1. The molecule has 5 heteroatoms. The molecule has 1 aromatic carbocycles. The Morgan fingerprint density at radius 2 is 1.78 bits per heavy atom. The van der Waals surface area contributed by atoms with Gasteiger partial charge in [-0.25, -0.2) is 4.79 Å². The number of benzene rings is 1. The second-order valence-corrected chi connectivity index (χ2v) is 12.2. The van der Waals surface area contributed by atoms with Crippen molar-refractivity contribution >= 4 is 14.3 Å². The van der Waals surface area contributed by atoms with Crippen LogP contribution in [0.15, 0.2) is 24.3 Å². The molecule has 0 fully saturated rings. The molecule has 4 nitrogen and oxygen atoms in total. The minimum Gasteiger partial charge on any atom is -0.465 e. The Morgan fingerprint density at radius 1 is 1.22 bits per heavy atom. The summed E-state index contributed by atoms with van der Waals surface area (Å²) >= 11 is 0. The van der Waals surface area contributed by atoms with Crippen molar-refractivity contribution in [3.05, 3.63) is 35.4 Å². The van der Waals surface area contributed by atoms with E-state index in [1.807, 2.05) is 0 Å². The summed E-state index contributed by atoms with van der Waals surface area (Å²) in [6.07, 6.45) is 0.920. The molecule has 0 aliphatic heterocycles. The normalized spacial score (nSPS) is 13.7. The first-order valence-corrected chi connectivity index (χ1v) is 11.0. The van der Waals surface area contributed by atoms with Gasteiger partial charge in [0, 0.05) is 6.61 Å². The van der Waals surface area contributed by atoms with Crippen LogP contribution in [-0.4, -0.2) is 33.1 Å². The lowest BCUT2D eigenvalue weighted by atomic mass is 10.0. The van der Waals surface area contributed by atoms with Gasteiger partial charge in [0.15, 0.2) is 8.32 Å². The van der Waals surface area contributed by atoms with Gasteiger partial charge in [-0.15, -0.1) is 0 Å². The second-order valence-electron chi connectivity index (χ2n) is 7.38. The number of esters is 1. The Kier molecular flexibility index (Phi) is 6.98. The standard InChI is InChI=1S/C18H30O4Si/c1-18(2,3)23(5,6)22-13-7-8-16(19)14-9-11-15(12-10-14)17(20)21-4/h9-12,16,19H,7-8,13H2,1-6H3. The zero-order valence-electron chi connectivity index (χ0n) is 15.2. The zero-order chi connectivity index (χ0) is 17.7. The third-order valence-corrected chi connectivity index (χ3v) is 9.15. The molecule has 0 aliphatic rings. The fourth-order valence-electron chi connectivity index (χ4n) is 1.95. The van der Waals surface area contributed by atoms with Crippen LogP contribution in [-0.2, 0) is 9.16 Å². The minimum absolute atomic E-state index is 0.204. The number of hydrogen-bond acceptors (Lipinski definition) is 4. The molecule has 0 heterocycles. The highest BCUT2D eigenvalue weighted by atomic mass is 28.4. The van der Waals surface area contributed by atoms with Crippen molar-refractivity contribution in [2.24, 2.45) is 0 Å². The maximum absolute atomic E-state index is 11.4. The van der Waals surface area contributed by atoms with Gasteiger partial charge in [-0.1, -0.05) is 32.9 Å². The van der Waals surface area contributed by atoms with Crippen molar-refractivity contribution in [2.75, 3.05) is 13.7 Å². The number of hydrogen-bond donors (Lipinski definition) is 1. The second kappa shape index (κ2) is 8.08. The van der Waals surface area contributed by atoms with E-state index in [1.165, 1.54) is 7.11 Å². The monoisotopic (exact) mass is 338 g/mol. The lowest BCUT2D eigenvalue weighted by Gasteiger charge is -2.36. The quantitative estimate of drug-likeness (QED) is 0.457. The number of carbonyl (C=O) groups excluding carboxylic acids is 1. The summed E-state index contributed by atoms with van der Waals surface area (Å²) in [4.78, 5) is 11.4. The van der Waals surface area contributed by atoms with Crippen LogP contribution in [0.1, 0.15) is 55.6 Å². The predicted molar refractivity (Wildman–Crippen MR) is 95.1 cm³/mol. The molecular formula is C18H30O4Si. The molecule has 1 N–H and O–H groups in total. The van der Waals surface area contributed by atoms with Crippen LogP contribution in [0.25, 0.3) is 0 Å². The van der Waals surface area contributed by atoms with Gasteiger partial charge in [-0.05, 0) is 48.7 Å². The molecule has 1 atom stereocenters. The van der Waals surface area contributed by atoms with Gasteiger partial charge in [0.05, 0.1) is 18.8 Å². The molecule has 0 radical (unpaired) electrons. The van der Waals surface area contributed by atoms with E-state index >= 15 is 0 Å². The first-order chi connectivity index (χ1) is 10.6. The first kappa shape index (κ1) is 19.9. The van der Waals surface area contributed by atoms with Crippen molar-refractivity contribution in [3.8, 4) is 0 Å². The molecule has 1 rings (SSSR count). The van der Waals surface area contributed by atoms with Crippen molar-refractivity contribution in [2.45, 2.75) is 57.8 Å². The Morgan fingerprint density at radius 3 is 2.26 bits per heavy atom. The van der Waals surface area contributed by atoms with Crippen LogP contribution in [0.5, 0.6) is 0 Å². The summed E-state index contributed by atoms with van der Waals surface area (Å²) < 4.78 is 10.8. The smallest absolute Gasteiger partial charge is 0.337 e. The molecule has 1 aromatic rings. The summed E-state index contributed by atoms with van der Waals surface area (Å²) in [5.74, 6) is -0.367. The largest absolute Gasteiger partial charge is 0.465 e. The summed E-state index contributed by atoms with van der Waals surface area (Å²) in [5, 5.41) is 10.4. The highest BCUT2D eigenvalue weighted by molar-refractivity contribution is 6.74. The Labute approximate surface area is 140 Å². The summed E-state index contributed by atoms with van der Waals surface area (Å²) in [7, 11) is -0.359. The molecular weight excluding hydrogens is 308 g/mol. The molecule has 0 aromatic heterocycles. The van der Waals surface area contributed by atoms with E-state index in [0.29, 0.717) is 18.6 Å². The number of aliphatic hydroxyl groups is 1. The fraction of sp³-hybridized carbons (Fsp3) is 0.611. The fourth-order valence-corrected chi connectivity index (χ4v) is 3.03. The number of aliphatic hydroxyl groups excluding tert-OH is 1. The van der Waals surface area contributed by atoms with Gasteiger partial charge in [0.25, 0.3) is 0 Å². The molecule has 23 heavy (non-hydrogen) atoms. The molecule has 0 saturated heterocycles. The van der Waals surface area contributed by atoms with E-state index in [0.717, 1.165) is 12.0 Å². The van der Waals surface area contributed by atoms with Gasteiger partial charge in [0.2, 0.25) is 0 Å². The first-order valence-electron chi connectivity index (χ1n) is 8.09. The Hall–Kier alpha value is -1.17. The van der Waals surface area contributed by atoms with Gasteiger partial charge in [0.1, 0.15) is 0 Å². The van der Waals surface area contributed by atoms with E-state index in [2.05, 4.69) is 38.6 Å². The zero-order valence-corrected chi connectivity index (χ0v) is 16.2. The van der Waals surface area contributed by atoms with E-state index < -0.39 is 14.4 Å². The maximum atomic E-state index is 11.4. The lowest BCUT2D eigenvalue weighted by molar-refractivity contribution is 0.0600. The summed E-state index contributed by atoms with van der Waals surface area (Å²) in [5.41, 5.74) is 1.30. The predicted octanol–water partition coefficient (Wildman–Crippen LogP) is 4.31. The van der Waals surface area contributed by atoms with Crippen LogP contribution in [0.3, 0.4) is 0 Å². The van der Waals surface area contributed by atoms with E-state index in [1.54, 1.807) is 24.3 Å². The molecule has 0 saturated carbocycles. The van der Waals surface area contributed by atoms with Crippen LogP contribution in [0.4, 0.5) is 0 Å². The SMILES string of the molecule is COC(=O)c1ccc(C(O)CCCO[Si](C)(C)C(C)(C)C)cc1. The third-order valence-electron chi connectivity index (χ3n) is 4.61. The van der Waals surface area contributed by atoms with E-state index in [-0.39, 0.29) is 11.0 Å².